The third-order valence-corrected chi connectivity index (χ3v) is 2.37. The first-order chi connectivity index (χ1) is 8.83. The van der Waals surface area contributed by atoms with Crippen LogP contribution < -0.4 is 10.5 Å². The first-order valence-corrected chi connectivity index (χ1v) is 6.44. The molecule has 0 spiro atoms. The number of rotatable bonds is 10. The molecule has 0 saturated heterocycles. The average Bonchev–Trinajstić information content (AvgIpc) is 2.37. The summed E-state index contributed by atoms with van der Waals surface area (Å²) in [6, 6.07) is 7.36. The highest BCUT2D eigenvalue weighted by molar-refractivity contribution is 6.30. The van der Waals surface area contributed by atoms with Gasteiger partial charge in [-0.15, -0.1) is 0 Å². The van der Waals surface area contributed by atoms with Gasteiger partial charge in [0.2, 0.25) is 0 Å². The molecule has 0 heterocycles. The molecule has 0 fully saturated rings. The van der Waals surface area contributed by atoms with Crippen LogP contribution in [0.1, 0.15) is 6.42 Å². The summed E-state index contributed by atoms with van der Waals surface area (Å²) < 4.78 is 16.1. The Morgan fingerprint density at radius 3 is 2.50 bits per heavy atom. The summed E-state index contributed by atoms with van der Waals surface area (Å²) in [6.45, 7) is 3.59. The number of ether oxygens (including phenoxy) is 3. The lowest BCUT2D eigenvalue weighted by molar-refractivity contribution is 0.0463. The van der Waals surface area contributed by atoms with Gasteiger partial charge in [0, 0.05) is 24.6 Å². The summed E-state index contributed by atoms with van der Waals surface area (Å²) in [7, 11) is 0. The molecule has 0 bridgehead atoms. The molecule has 0 aliphatic rings. The second-order valence-corrected chi connectivity index (χ2v) is 4.11. The van der Waals surface area contributed by atoms with Crippen molar-refractivity contribution in [2.24, 2.45) is 5.73 Å². The molecule has 18 heavy (non-hydrogen) atoms. The normalized spacial score (nSPS) is 10.6. The highest BCUT2D eigenvalue weighted by Gasteiger charge is 1.95. The third-order valence-electron chi connectivity index (χ3n) is 2.13. The minimum absolute atomic E-state index is 0.549. The van der Waals surface area contributed by atoms with Crippen LogP contribution in [-0.2, 0) is 9.47 Å². The predicted octanol–water partition coefficient (Wildman–Crippen LogP) is 2.10. The molecule has 2 N–H and O–H groups in total. The van der Waals surface area contributed by atoms with E-state index in [2.05, 4.69) is 0 Å². The van der Waals surface area contributed by atoms with E-state index in [0.29, 0.717) is 44.6 Å². The quantitative estimate of drug-likeness (QED) is 0.664. The number of hydrogen-bond donors (Lipinski definition) is 1. The second kappa shape index (κ2) is 10.1. The van der Waals surface area contributed by atoms with E-state index in [1.165, 1.54) is 0 Å². The molecule has 102 valence electrons. The van der Waals surface area contributed by atoms with Gasteiger partial charge in [0.25, 0.3) is 0 Å². The highest BCUT2D eigenvalue weighted by atomic mass is 35.5. The van der Waals surface area contributed by atoms with Crippen molar-refractivity contribution >= 4 is 11.6 Å². The maximum Gasteiger partial charge on any atom is 0.120 e. The Morgan fingerprint density at radius 2 is 1.78 bits per heavy atom. The summed E-state index contributed by atoms with van der Waals surface area (Å²) in [5.74, 6) is 0.786. The Bertz CT molecular complexity index is 323. The maximum absolute atomic E-state index is 5.84. The van der Waals surface area contributed by atoms with Crippen LogP contribution in [0.15, 0.2) is 24.3 Å². The molecule has 4 nitrogen and oxygen atoms in total. The van der Waals surface area contributed by atoms with E-state index in [1.54, 1.807) is 6.07 Å². The van der Waals surface area contributed by atoms with Crippen molar-refractivity contribution in [1.29, 1.82) is 0 Å². The number of benzene rings is 1. The van der Waals surface area contributed by atoms with Gasteiger partial charge in [0.1, 0.15) is 5.75 Å². The van der Waals surface area contributed by atoms with Gasteiger partial charge < -0.3 is 19.9 Å². The summed E-state index contributed by atoms with van der Waals surface area (Å²) in [5.41, 5.74) is 5.28. The van der Waals surface area contributed by atoms with Gasteiger partial charge in [-0.1, -0.05) is 17.7 Å². The smallest absolute Gasteiger partial charge is 0.120 e. The number of halogens is 1. The summed E-state index contributed by atoms with van der Waals surface area (Å²) in [4.78, 5) is 0. The minimum Gasteiger partial charge on any atom is -0.493 e. The number of hydrogen-bond acceptors (Lipinski definition) is 4. The molecule has 1 rings (SSSR count). The van der Waals surface area contributed by atoms with Crippen molar-refractivity contribution in [3.63, 3.8) is 0 Å². The van der Waals surface area contributed by atoms with Gasteiger partial charge in [0.05, 0.1) is 26.4 Å². The Balaban J connectivity index is 1.92. The van der Waals surface area contributed by atoms with Crippen LogP contribution in [-0.4, -0.2) is 39.6 Å². The van der Waals surface area contributed by atoms with Crippen LogP contribution >= 0.6 is 11.6 Å². The monoisotopic (exact) mass is 273 g/mol. The van der Waals surface area contributed by atoms with Crippen molar-refractivity contribution in [3.05, 3.63) is 29.3 Å². The first kappa shape index (κ1) is 15.2. The van der Waals surface area contributed by atoms with E-state index in [9.17, 15) is 0 Å². The van der Waals surface area contributed by atoms with E-state index < -0.39 is 0 Å². The zero-order chi connectivity index (χ0) is 13.1. The van der Waals surface area contributed by atoms with Gasteiger partial charge >= 0.3 is 0 Å². The lowest BCUT2D eigenvalue weighted by Gasteiger charge is -2.07. The fourth-order valence-electron chi connectivity index (χ4n) is 1.31. The second-order valence-electron chi connectivity index (χ2n) is 3.67. The molecule has 0 unspecified atom stereocenters. The summed E-state index contributed by atoms with van der Waals surface area (Å²) in [6.07, 6.45) is 0.837. The molecule has 1 aromatic rings. The predicted molar refractivity (Wildman–Crippen MR) is 72.3 cm³/mol. The van der Waals surface area contributed by atoms with Crippen LogP contribution in [0.3, 0.4) is 0 Å². The summed E-state index contributed by atoms with van der Waals surface area (Å²) >= 11 is 5.84. The topological polar surface area (TPSA) is 53.7 Å². The highest BCUT2D eigenvalue weighted by Crippen LogP contribution is 2.16. The Hall–Kier alpha value is -0.810. The fraction of sp³-hybridized carbons (Fsp3) is 0.538. The largest absolute Gasteiger partial charge is 0.493 e. The zero-order valence-electron chi connectivity index (χ0n) is 10.4. The van der Waals surface area contributed by atoms with Crippen molar-refractivity contribution < 1.29 is 14.2 Å². The SMILES string of the molecule is NCCOCCOCCCOc1cccc(Cl)c1. The molecule has 0 aliphatic carbocycles. The minimum atomic E-state index is 0.549. The van der Waals surface area contributed by atoms with Crippen LogP contribution in [0.2, 0.25) is 5.02 Å². The standard InChI is InChI=1S/C13H20ClNO3/c14-12-3-1-4-13(11-12)18-7-2-6-16-9-10-17-8-5-15/h1,3-4,11H,2,5-10,15H2. The molecule has 5 heteroatoms. The molecule has 0 radical (unpaired) electrons. The molecule has 1 aromatic carbocycles. The van der Waals surface area contributed by atoms with Gasteiger partial charge in [-0.25, -0.2) is 0 Å². The van der Waals surface area contributed by atoms with Crippen LogP contribution in [0, 0.1) is 0 Å². The third kappa shape index (κ3) is 7.50. The van der Waals surface area contributed by atoms with Gasteiger partial charge in [-0.05, 0) is 18.2 Å². The lowest BCUT2D eigenvalue weighted by atomic mass is 10.3. The molecular formula is C13H20ClNO3. The molecule has 0 atom stereocenters. The van der Waals surface area contributed by atoms with E-state index in [-0.39, 0.29) is 0 Å². The van der Waals surface area contributed by atoms with Gasteiger partial charge in [-0.2, -0.15) is 0 Å². The molecule has 0 aliphatic heterocycles. The molecule has 0 amide bonds. The van der Waals surface area contributed by atoms with Gasteiger partial charge in [-0.3, -0.25) is 0 Å². The maximum atomic E-state index is 5.84. The number of nitrogens with two attached hydrogens (primary N) is 1. The van der Waals surface area contributed by atoms with Crippen molar-refractivity contribution in [3.8, 4) is 5.75 Å². The van der Waals surface area contributed by atoms with Crippen LogP contribution in [0.25, 0.3) is 0 Å². The molecule has 0 saturated carbocycles. The van der Waals surface area contributed by atoms with E-state index in [4.69, 9.17) is 31.5 Å². The Labute approximate surface area is 113 Å². The van der Waals surface area contributed by atoms with E-state index in [1.807, 2.05) is 18.2 Å². The molecular weight excluding hydrogens is 254 g/mol. The Morgan fingerprint density at radius 1 is 1.00 bits per heavy atom. The van der Waals surface area contributed by atoms with Crippen LogP contribution in [0.5, 0.6) is 5.75 Å². The van der Waals surface area contributed by atoms with Crippen molar-refractivity contribution in [2.75, 3.05) is 39.6 Å². The average molecular weight is 274 g/mol. The van der Waals surface area contributed by atoms with Gasteiger partial charge in [0.15, 0.2) is 0 Å². The van der Waals surface area contributed by atoms with Crippen molar-refractivity contribution in [1.82, 2.24) is 0 Å². The fourth-order valence-corrected chi connectivity index (χ4v) is 1.49. The van der Waals surface area contributed by atoms with Crippen molar-refractivity contribution in [2.45, 2.75) is 6.42 Å². The lowest BCUT2D eigenvalue weighted by Crippen LogP contribution is -2.12. The van der Waals surface area contributed by atoms with Crippen LogP contribution in [0.4, 0.5) is 0 Å². The molecule has 0 aromatic heterocycles. The Kier molecular flexibility index (Phi) is 8.59. The van der Waals surface area contributed by atoms with E-state index in [0.717, 1.165) is 12.2 Å². The first-order valence-electron chi connectivity index (χ1n) is 6.07. The zero-order valence-corrected chi connectivity index (χ0v) is 11.2. The summed E-state index contributed by atoms with van der Waals surface area (Å²) in [5, 5.41) is 0.681. The van der Waals surface area contributed by atoms with E-state index >= 15 is 0 Å².